The summed E-state index contributed by atoms with van der Waals surface area (Å²) in [7, 11) is 1.81. The van der Waals surface area contributed by atoms with Crippen molar-refractivity contribution in [2.45, 2.75) is 12.8 Å². The first-order chi connectivity index (χ1) is 9.25. The molecular formula is C14H16N2O2S. The molecule has 100 valence electrons. The molecule has 2 aromatic rings. The van der Waals surface area contributed by atoms with E-state index in [9.17, 15) is 4.79 Å². The number of benzene rings is 1. The standard InChI is InChI=1S/C14H16N2O2S/c1-16(13(17)10-6-8-18-9-7-10)14-15-11-4-2-3-5-12(11)19-14/h2-5,10H,6-9H2,1H3. The highest BCUT2D eigenvalue weighted by Gasteiger charge is 2.26. The molecule has 0 N–H and O–H groups in total. The van der Waals surface area contributed by atoms with Crippen molar-refractivity contribution in [1.82, 2.24) is 4.98 Å². The van der Waals surface area contributed by atoms with E-state index in [0.717, 1.165) is 28.2 Å². The van der Waals surface area contributed by atoms with E-state index in [-0.39, 0.29) is 11.8 Å². The van der Waals surface area contributed by atoms with Crippen LogP contribution in [0.2, 0.25) is 0 Å². The van der Waals surface area contributed by atoms with Crippen LogP contribution in [-0.4, -0.2) is 31.2 Å². The highest BCUT2D eigenvalue weighted by molar-refractivity contribution is 7.22. The Balaban J connectivity index is 1.82. The maximum atomic E-state index is 12.4. The second-order valence-electron chi connectivity index (χ2n) is 4.75. The molecule has 0 aliphatic carbocycles. The zero-order valence-electron chi connectivity index (χ0n) is 10.8. The van der Waals surface area contributed by atoms with Gasteiger partial charge in [0, 0.05) is 26.2 Å². The number of anilines is 1. The van der Waals surface area contributed by atoms with Crippen LogP contribution in [0.25, 0.3) is 10.2 Å². The first-order valence-corrected chi connectivity index (χ1v) is 7.28. The Bertz CT molecular complexity index is 557. The molecule has 0 radical (unpaired) electrons. The van der Waals surface area contributed by atoms with Crippen LogP contribution in [-0.2, 0) is 9.53 Å². The number of amides is 1. The number of carbonyl (C=O) groups excluding carboxylic acids is 1. The molecule has 1 aromatic heterocycles. The van der Waals surface area contributed by atoms with Crippen LogP contribution >= 0.6 is 11.3 Å². The maximum absolute atomic E-state index is 12.4. The molecule has 0 atom stereocenters. The summed E-state index contributed by atoms with van der Waals surface area (Å²) in [5.41, 5.74) is 0.953. The number of hydrogen-bond donors (Lipinski definition) is 0. The lowest BCUT2D eigenvalue weighted by Gasteiger charge is -2.24. The van der Waals surface area contributed by atoms with E-state index in [1.165, 1.54) is 0 Å². The van der Waals surface area contributed by atoms with Crippen molar-refractivity contribution in [2.75, 3.05) is 25.2 Å². The third-order valence-corrected chi connectivity index (χ3v) is 4.58. The largest absolute Gasteiger partial charge is 0.381 e. The molecule has 1 amide bonds. The number of thiazole rings is 1. The first kappa shape index (κ1) is 12.6. The van der Waals surface area contributed by atoms with Crippen molar-refractivity contribution in [3.05, 3.63) is 24.3 Å². The van der Waals surface area contributed by atoms with E-state index in [1.54, 1.807) is 16.2 Å². The fourth-order valence-electron chi connectivity index (χ4n) is 2.32. The Morgan fingerprint density at radius 3 is 2.84 bits per heavy atom. The lowest BCUT2D eigenvalue weighted by atomic mass is 9.99. The minimum Gasteiger partial charge on any atom is -0.381 e. The molecule has 0 saturated carbocycles. The molecule has 4 nitrogen and oxygen atoms in total. The summed E-state index contributed by atoms with van der Waals surface area (Å²) in [6.45, 7) is 1.37. The molecule has 2 heterocycles. The minimum atomic E-state index is 0.0748. The highest BCUT2D eigenvalue weighted by atomic mass is 32.1. The molecule has 19 heavy (non-hydrogen) atoms. The monoisotopic (exact) mass is 276 g/mol. The average Bonchev–Trinajstić information content (AvgIpc) is 2.90. The number of ether oxygens (including phenoxy) is 1. The van der Waals surface area contributed by atoms with Crippen molar-refractivity contribution in [3.63, 3.8) is 0 Å². The molecule has 0 unspecified atom stereocenters. The summed E-state index contributed by atoms with van der Waals surface area (Å²) in [4.78, 5) is 18.6. The first-order valence-electron chi connectivity index (χ1n) is 6.46. The molecule has 1 saturated heterocycles. The van der Waals surface area contributed by atoms with Crippen LogP contribution in [0.3, 0.4) is 0 Å². The summed E-state index contributed by atoms with van der Waals surface area (Å²) in [5.74, 6) is 0.230. The van der Waals surface area contributed by atoms with Gasteiger partial charge in [-0.2, -0.15) is 0 Å². The van der Waals surface area contributed by atoms with Crippen LogP contribution in [0.1, 0.15) is 12.8 Å². The summed E-state index contributed by atoms with van der Waals surface area (Å²) in [6, 6.07) is 7.96. The van der Waals surface area contributed by atoms with Gasteiger partial charge in [-0.25, -0.2) is 4.98 Å². The van der Waals surface area contributed by atoms with Gasteiger partial charge in [0.15, 0.2) is 5.13 Å². The van der Waals surface area contributed by atoms with Crippen LogP contribution < -0.4 is 4.90 Å². The maximum Gasteiger partial charge on any atom is 0.231 e. The number of aromatic nitrogens is 1. The van der Waals surface area contributed by atoms with E-state index >= 15 is 0 Å². The third-order valence-electron chi connectivity index (χ3n) is 3.47. The Morgan fingerprint density at radius 1 is 1.37 bits per heavy atom. The van der Waals surface area contributed by atoms with Crippen molar-refractivity contribution < 1.29 is 9.53 Å². The Hall–Kier alpha value is -1.46. The predicted molar refractivity (Wildman–Crippen MR) is 76.6 cm³/mol. The smallest absolute Gasteiger partial charge is 0.231 e. The van der Waals surface area contributed by atoms with E-state index in [0.29, 0.717) is 13.2 Å². The molecule has 0 bridgehead atoms. The van der Waals surface area contributed by atoms with Crippen LogP contribution in [0.5, 0.6) is 0 Å². The normalized spacial score (nSPS) is 16.7. The topological polar surface area (TPSA) is 42.4 Å². The number of hydrogen-bond acceptors (Lipinski definition) is 4. The lowest BCUT2D eigenvalue weighted by molar-refractivity contribution is -0.124. The molecule has 0 spiro atoms. The molecule has 1 aromatic carbocycles. The van der Waals surface area contributed by atoms with Crippen molar-refractivity contribution in [3.8, 4) is 0 Å². The zero-order chi connectivity index (χ0) is 13.2. The number of rotatable bonds is 2. The van der Waals surface area contributed by atoms with Gasteiger partial charge in [-0.3, -0.25) is 9.69 Å². The Morgan fingerprint density at radius 2 is 2.11 bits per heavy atom. The van der Waals surface area contributed by atoms with Crippen LogP contribution in [0, 0.1) is 5.92 Å². The second-order valence-corrected chi connectivity index (χ2v) is 5.76. The van der Waals surface area contributed by atoms with E-state index in [1.807, 2.05) is 31.3 Å². The van der Waals surface area contributed by atoms with E-state index in [2.05, 4.69) is 4.98 Å². The Kier molecular flexibility index (Phi) is 3.48. The molecule has 5 heteroatoms. The summed E-state index contributed by atoms with van der Waals surface area (Å²) >= 11 is 1.56. The van der Waals surface area contributed by atoms with Gasteiger partial charge in [0.25, 0.3) is 0 Å². The molecule has 3 rings (SSSR count). The van der Waals surface area contributed by atoms with Crippen molar-refractivity contribution in [1.29, 1.82) is 0 Å². The fraction of sp³-hybridized carbons (Fsp3) is 0.429. The van der Waals surface area contributed by atoms with Gasteiger partial charge in [0.2, 0.25) is 5.91 Å². The molecule has 1 fully saturated rings. The van der Waals surface area contributed by atoms with Gasteiger partial charge < -0.3 is 4.74 Å². The SMILES string of the molecule is CN(C(=O)C1CCOCC1)c1nc2ccccc2s1. The molecule has 1 aliphatic heterocycles. The number of nitrogens with zero attached hydrogens (tertiary/aromatic N) is 2. The summed E-state index contributed by atoms with van der Waals surface area (Å²) in [5, 5.41) is 0.776. The van der Waals surface area contributed by atoms with E-state index < -0.39 is 0 Å². The van der Waals surface area contributed by atoms with Crippen LogP contribution in [0.4, 0.5) is 5.13 Å². The van der Waals surface area contributed by atoms with Gasteiger partial charge >= 0.3 is 0 Å². The van der Waals surface area contributed by atoms with Crippen molar-refractivity contribution in [2.24, 2.45) is 5.92 Å². The zero-order valence-corrected chi connectivity index (χ0v) is 11.7. The average molecular weight is 276 g/mol. The highest BCUT2D eigenvalue weighted by Crippen LogP contribution is 2.29. The molecule has 1 aliphatic rings. The predicted octanol–water partition coefficient (Wildman–Crippen LogP) is 2.69. The fourth-order valence-corrected chi connectivity index (χ4v) is 3.25. The number of para-hydroxylation sites is 1. The lowest BCUT2D eigenvalue weighted by Crippen LogP contribution is -2.35. The quantitative estimate of drug-likeness (QED) is 0.847. The van der Waals surface area contributed by atoms with Crippen LogP contribution in [0.15, 0.2) is 24.3 Å². The van der Waals surface area contributed by atoms with Gasteiger partial charge in [0.1, 0.15) is 0 Å². The van der Waals surface area contributed by atoms with E-state index in [4.69, 9.17) is 4.74 Å². The second kappa shape index (κ2) is 5.27. The third kappa shape index (κ3) is 2.48. The summed E-state index contributed by atoms with van der Waals surface area (Å²) < 4.78 is 6.41. The van der Waals surface area contributed by atoms with Gasteiger partial charge in [0.05, 0.1) is 10.2 Å². The number of carbonyl (C=O) groups is 1. The number of fused-ring (bicyclic) bond motifs is 1. The Labute approximate surface area is 116 Å². The minimum absolute atomic E-state index is 0.0748. The van der Waals surface area contributed by atoms with Gasteiger partial charge in [-0.05, 0) is 25.0 Å². The summed E-state index contributed by atoms with van der Waals surface area (Å²) in [6.07, 6.45) is 1.63. The van der Waals surface area contributed by atoms with Crippen molar-refractivity contribution >= 4 is 32.6 Å². The van der Waals surface area contributed by atoms with Gasteiger partial charge in [-0.1, -0.05) is 23.5 Å². The van der Waals surface area contributed by atoms with Gasteiger partial charge in [-0.15, -0.1) is 0 Å². The molecular weight excluding hydrogens is 260 g/mol.